The molecule has 1 saturated carbocycles. The van der Waals surface area contributed by atoms with Gasteiger partial charge in [0.1, 0.15) is 0 Å². The first kappa shape index (κ1) is 18.9. The molecule has 3 heteroatoms. The van der Waals surface area contributed by atoms with E-state index < -0.39 is 0 Å². The van der Waals surface area contributed by atoms with Crippen molar-refractivity contribution in [2.24, 2.45) is 0 Å². The Morgan fingerprint density at radius 1 is 1.19 bits per heavy atom. The summed E-state index contributed by atoms with van der Waals surface area (Å²) in [5.41, 5.74) is -0.0849. The Bertz CT molecular complexity index is 256. The van der Waals surface area contributed by atoms with Crippen molar-refractivity contribution in [3.63, 3.8) is 0 Å². The van der Waals surface area contributed by atoms with Crippen LogP contribution < -0.4 is 5.32 Å². The predicted molar refractivity (Wildman–Crippen MR) is 91.7 cm³/mol. The molecule has 0 amide bonds. The van der Waals surface area contributed by atoms with E-state index in [9.17, 15) is 5.11 Å². The first-order valence-corrected chi connectivity index (χ1v) is 9.12. The highest BCUT2D eigenvalue weighted by molar-refractivity contribution is 4.88. The van der Waals surface area contributed by atoms with Crippen molar-refractivity contribution in [1.29, 1.82) is 0 Å². The van der Waals surface area contributed by atoms with Crippen LogP contribution in [0.4, 0.5) is 0 Å². The van der Waals surface area contributed by atoms with Gasteiger partial charge in [0, 0.05) is 17.6 Å². The molecule has 0 radical (unpaired) electrons. The van der Waals surface area contributed by atoms with Crippen molar-refractivity contribution in [1.82, 2.24) is 10.2 Å². The second kappa shape index (κ2) is 9.81. The maximum absolute atomic E-state index is 9.80. The van der Waals surface area contributed by atoms with Crippen molar-refractivity contribution < 1.29 is 5.11 Å². The number of aliphatic hydroxyl groups excluding tert-OH is 1. The van der Waals surface area contributed by atoms with Crippen molar-refractivity contribution >= 4 is 0 Å². The van der Waals surface area contributed by atoms with Crippen LogP contribution >= 0.6 is 0 Å². The zero-order valence-corrected chi connectivity index (χ0v) is 14.8. The molecule has 0 bridgehead atoms. The van der Waals surface area contributed by atoms with Gasteiger partial charge in [-0.25, -0.2) is 0 Å². The van der Waals surface area contributed by atoms with E-state index >= 15 is 0 Å². The topological polar surface area (TPSA) is 35.5 Å². The van der Waals surface area contributed by atoms with Gasteiger partial charge in [-0.3, -0.25) is 0 Å². The maximum Gasteiger partial charge on any atom is 0.0613 e. The summed E-state index contributed by atoms with van der Waals surface area (Å²) in [6.07, 6.45) is 11.6. The average molecular weight is 299 g/mol. The molecule has 1 aliphatic carbocycles. The second-order valence-corrected chi connectivity index (χ2v) is 7.32. The minimum absolute atomic E-state index is 0.0849. The Labute approximate surface area is 132 Å². The van der Waals surface area contributed by atoms with E-state index in [1.807, 2.05) is 0 Å². The molecule has 126 valence electrons. The SMILES string of the molecule is CCC(CO)(CCCN(C)C1CCCCCC1)NC(C)C. The van der Waals surface area contributed by atoms with Crippen LogP contribution in [0.5, 0.6) is 0 Å². The van der Waals surface area contributed by atoms with Gasteiger partial charge in [0.2, 0.25) is 0 Å². The number of aliphatic hydroxyl groups is 1. The first-order chi connectivity index (χ1) is 10.0. The van der Waals surface area contributed by atoms with E-state index in [1.54, 1.807) is 0 Å². The molecule has 1 rings (SSSR count). The van der Waals surface area contributed by atoms with Gasteiger partial charge in [0.15, 0.2) is 0 Å². The number of hydrogen-bond acceptors (Lipinski definition) is 3. The summed E-state index contributed by atoms with van der Waals surface area (Å²) in [5, 5.41) is 13.4. The third-order valence-electron chi connectivity index (χ3n) is 5.19. The quantitative estimate of drug-likeness (QED) is 0.639. The fourth-order valence-corrected chi connectivity index (χ4v) is 3.75. The summed E-state index contributed by atoms with van der Waals surface area (Å²) in [5.74, 6) is 0. The van der Waals surface area contributed by atoms with Crippen LogP contribution in [0.3, 0.4) is 0 Å². The predicted octanol–water partition coefficient (Wildman–Crippen LogP) is 3.56. The molecule has 0 aromatic carbocycles. The normalized spacial score (nSPS) is 20.7. The molecule has 0 aromatic heterocycles. The molecular formula is C18H38N2O. The molecule has 1 aliphatic rings. The lowest BCUT2D eigenvalue weighted by Crippen LogP contribution is -2.51. The Kier molecular flexibility index (Phi) is 8.84. The van der Waals surface area contributed by atoms with E-state index in [-0.39, 0.29) is 12.1 Å². The van der Waals surface area contributed by atoms with Crippen LogP contribution in [0, 0.1) is 0 Å². The van der Waals surface area contributed by atoms with Crippen LogP contribution in [-0.4, -0.2) is 47.8 Å². The summed E-state index contributed by atoms with van der Waals surface area (Å²) < 4.78 is 0. The molecule has 0 aromatic rings. The standard InChI is InChI=1S/C18H38N2O/c1-5-18(15-21,19-16(2)3)13-10-14-20(4)17-11-8-6-7-9-12-17/h16-17,19,21H,5-15H2,1-4H3. The van der Waals surface area contributed by atoms with Crippen LogP contribution in [0.1, 0.15) is 78.6 Å². The van der Waals surface area contributed by atoms with Gasteiger partial charge in [-0.1, -0.05) is 46.5 Å². The molecule has 3 nitrogen and oxygen atoms in total. The summed E-state index contributed by atoms with van der Waals surface area (Å²) in [7, 11) is 2.29. The van der Waals surface area contributed by atoms with E-state index in [0.717, 1.165) is 25.4 Å². The van der Waals surface area contributed by atoms with Crippen molar-refractivity contribution in [2.45, 2.75) is 96.2 Å². The molecule has 2 N–H and O–H groups in total. The van der Waals surface area contributed by atoms with Crippen molar-refractivity contribution in [3.05, 3.63) is 0 Å². The Hall–Kier alpha value is -0.120. The summed E-state index contributed by atoms with van der Waals surface area (Å²) >= 11 is 0. The molecule has 1 fully saturated rings. The van der Waals surface area contributed by atoms with Crippen LogP contribution in [0.2, 0.25) is 0 Å². The third kappa shape index (κ3) is 6.66. The largest absolute Gasteiger partial charge is 0.394 e. The summed E-state index contributed by atoms with van der Waals surface area (Å²) in [4.78, 5) is 2.57. The van der Waals surface area contributed by atoms with Crippen LogP contribution in [-0.2, 0) is 0 Å². The lowest BCUT2D eigenvalue weighted by molar-refractivity contribution is 0.127. The Morgan fingerprint density at radius 2 is 1.81 bits per heavy atom. The second-order valence-electron chi connectivity index (χ2n) is 7.32. The minimum atomic E-state index is -0.0849. The molecule has 1 unspecified atom stereocenters. The number of rotatable bonds is 9. The van der Waals surface area contributed by atoms with Gasteiger partial charge in [-0.05, 0) is 45.7 Å². The van der Waals surface area contributed by atoms with Crippen molar-refractivity contribution in [3.8, 4) is 0 Å². The van der Waals surface area contributed by atoms with Crippen LogP contribution in [0.25, 0.3) is 0 Å². The lowest BCUT2D eigenvalue weighted by Gasteiger charge is -2.35. The molecule has 21 heavy (non-hydrogen) atoms. The zero-order chi connectivity index (χ0) is 15.7. The van der Waals surface area contributed by atoms with E-state index in [4.69, 9.17) is 0 Å². The van der Waals surface area contributed by atoms with E-state index in [0.29, 0.717) is 6.04 Å². The third-order valence-corrected chi connectivity index (χ3v) is 5.19. The average Bonchev–Trinajstić information content (AvgIpc) is 2.74. The molecule has 1 atom stereocenters. The van der Waals surface area contributed by atoms with Gasteiger partial charge in [-0.2, -0.15) is 0 Å². The fraction of sp³-hybridized carbons (Fsp3) is 1.00. The summed E-state index contributed by atoms with van der Waals surface area (Å²) in [6, 6.07) is 1.22. The molecule has 0 saturated heterocycles. The lowest BCUT2D eigenvalue weighted by atomic mass is 9.90. The summed E-state index contributed by atoms with van der Waals surface area (Å²) in [6.45, 7) is 7.91. The Morgan fingerprint density at radius 3 is 2.29 bits per heavy atom. The fourth-order valence-electron chi connectivity index (χ4n) is 3.75. The molecule has 0 aliphatic heterocycles. The molecule has 0 heterocycles. The van der Waals surface area contributed by atoms with Gasteiger partial charge in [-0.15, -0.1) is 0 Å². The minimum Gasteiger partial charge on any atom is -0.394 e. The van der Waals surface area contributed by atoms with Gasteiger partial charge < -0.3 is 15.3 Å². The van der Waals surface area contributed by atoms with Gasteiger partial charge >= 0.3 is 0 Å². The van der Waals surface area contributed by atoms with Crippen molar-refractivity contribution in [2.75, 3.05) is 20.2 Å². The van der Waals surface area contributed by atoms with Crippen LogP contribution in [0.15, 0.2) is 0 Å². The number of hydrogen-bond donors (Lipinski definition) is 2. The zero-order valence-electron chi connectivity index (χ0n) is 14.8. The Balaban J connectivity index is 2.38. The monoisotopic (exact) mass is 298 g/mol. The first-order valence-electron chi connectivity index (χ1n) is 9.12. The number of nitrogens with one attached hydrogen (secondary N) is 1. The van der Waals surface area contributed by atoms with Gasteiger partial charge in [0.25, 0.3) is 0 Å². The molecule has 0 spiro atoms. The maximum atomic E-state index is 9.80. The van der Waals surface area contributed by atoms with E-state index in [2.05, 4.69) is 38.0 Å². The van der Waals surface area contributed by atoms with E-state index in [1.165, 1.54) is 44.9 Å². The highest BCUT2D eigenvalue weighted by atomic mass is 16.3. The molecular weight excluding hydrogens is 260 g/mol. The highest BCUT2D eigenvalue weighted by Crippen LogP contribution is 2.23. The smallest absolute Gasteiger partial charge is 0.0613 e. The van der Waals surface area contributed by atoms with Gasteiger partial charge in [0.05, 0.1) is 6.61 Å². The highest BCUT2D eigenvalue weighted by Gasteiger charge is 2.27. The number of nitrogens with zero attached hydrogens (tertiary/aromatic N) is 1.